The van der Waals surface area contributed by atoms with Crippen molar-refractivity contribution in [3.8, 4) is 0 Å². The number of thiol groups is 1. The highest BCUT2D eigenvalue weighted by Gasteiger charge is 2.20. The van der Waals surface area contributed by atoms with Gasteiger partial charge in [0.15, 0.2) is 0 Å². The van der Waals surface area contributed by atoms with E-state index in [4.69, 9.17) is 0 Å². The van der Waals surface area contributed by atoms with E-state index in [-0.39, 0.29) is 5.91 Å². The number of rotatable bonds is 2. The number of carbonyl (C=O) groups excluding carboxylic acids is 1. The van der Waals surface area contributed by atoms with Crippen LogP contribution in [-0.4, -0.2) is 11.9 Å². The van der Waals surface area contributed by atoms with Gasteiger partial charge in [-0.2, -0.15) is 0 Å². The van der Waals surface area contributed by atoms with Crippen LogP contribution in [0.3, 0.4) is 0 Å². The van der Waals surface area contributed by atoms with E-state index in [2.05, 4.69) is 24.9 Å². The molecule has 2 rings (SSSR count). The van der Waals surface area contributed by atoms with Crippen molar-refractivity contribution in [1.82, 2.24) is 5.32 Å². The van der Waals surface area contributed by atoms with Crippen molar-refractivity contribution in [1.29, 1.82) is 0 Å². The number of benzene rings is 1. The van der Waals surface area contributed by atoms with Crippen LogP contribution in [0.15, 0.2) is 29.2 Å². The van der Waals surface area contributed by atoms with E-state index in [1.54, 1.807) is 0 Å². The molecular formula is C14H19NOS. The number of nitrogens with one attached hydrogen (secondary N) is 1. The Morgan fingerprint density at radius 1 is 1.24 bits per heavy atom. The van der Waals surface area contributed by atoms with Crippen LogP contribution in [0, 0.1) is 5.92 Å². The van der Waals surface area contributed by atoms with Crippen molar-refractivity contribution < 1.29 is 4.79 Å². The molecule has 1 N–H and O–H groups in total. The lowest BCUT2D eigenvalue weighted by atomic mass is 9.87. The Bertz CT molecular complexity index is 397. The van der Waals surface area contributed by atoms with Crippen LogP contribution < -0.4 is 5.32 Å². The van der Waals surface area contributed by atoms with Gasteiger partial charge in [0, 0.05) is 10.9 Å². The first-order valence-corrected chi connectivity index (χ1v) is 6.70. The summed E-state index contributed by atoms with van der Waals surface area (Å²) in [5.74, 6) is 0.815. The summed E-state index contributed by atoms with van der Waals surface area (Å²) in [5, 5.41) is 3.11. The van der Waals surface area contributed by atoms with E-state index in [0.29, 0.717) is 11.6 Å². The van der Waals surface area contributed by atoms with Gasteiger partial charge < -0.3 is 5.32 Å². The summed E-state index contributed by atoms with van der Waals surface area (Å²) in [5.41, 5.74) is 0.675. The van der Waals surface area contributed by atoms with Crippen LogP contribution in [-0.2, 0) is 0 Å². The second-order valence-electron chi connectivity index (χ2n) is 4.95. The van der Waals surface area contributed by atoms with Gasteiger partial charge >= 0.3 is 0 Å². The Kier molecular flexibility index (Phi) is 4.11. The molecule has 1 aliphatic rings. The van der Waals surface area contributed by atoms with E-state index in [9.17, 15) is 4.79 Å². The van der Waals surface area contributed by atoms with Crippen LogP contribution >= 0.6 is 12.6 Å². The molecule has 0 unspecified atom stereocenters. The summed E-state index contributed by atoms with van der Waals surface area (Å²) in [7, 11) is 0. The van der Waals surface area contributed by atoms with E-state index in [0.717, 1.165) is 23.7 Å². The monoisotopic (exact) mass is 249 g/mol. The average Bonchev–Trinajstić information content (AvgIpc) is 2.32. The summed E-state index contributed by atoms with van der Waals surface area (Å²) in [4.78, 5) is 12.8. The van der Waals surface area contributed by atoms with Crippen LogP contribution in [0.1, 0.15) is 43.0 Å². The highest BCUT2D eigenvalue weighted by Crippen LogP contribution is 2.24. The predicted molar refractivity (Wildman–Crippen MR) is 72.6 cm³/mol. The Morgan fingerprint density at radius 3 is 2.53 bits per heavy atom. The third-order valence-corrected chi connectivity index (χ3v) is 3.89. The third kappa shape index (κ3) is 3.25. The molecule has 1 amide bonds. The summed E-state index contributed by atoms with van der Waals surface area (Å²) >= 11 is 4.31. The van der Waals surface area contributed by atoms with Crippen molar-refractivity contribution in [3.63, 3.8) is 0 Å². The van der Waals surface area contributed by atoms with Crippen LogP contribution in [0.25, 0.3) is 0 Å². The quantitative estimate of drug-likeness (QED) is 0.774. The Balaban J connectivity index is 1.96. The zero-order valence-corrected chi connectivity index (χ0v) is 11.0. The third-order valence-electron chi connectivity index (χ3n) is 3.50. The SMILES string of the molecule is CC1CCC(NC(=O)c2ccccc2S)CC1. The zero-order chi connectivity index (χ0) is 12.3. The maximum Gasteiger partial charge on any atom is 0.252 e. The molecule has 92 valence electrons. The topological polar surface area (TPSA) is 29.1 Å². The first-order valence-electron chi connectivity index (χ1n) is 6.25. The fourth-order valence-electron chi connectivity index (χ4n) is 2.33. The molecule has 17 heavy (non-hydrogen) atoms. The standard InChI is InChI=1S/C14H19NOS/c1-10-6-8-11(9-7-10)15-14(16)12-4-2-3-5-13(12)17/h2-5,10-11,17H,6-9H2,1H3,(H,15,16). The van der Waals surface area contributed by atoms with Gasteiger partial charge in [-0.15, -0.1) is 12.6 Å². The van der Waals surface area contributed by atoms with Gasteiger partial charge in [-0.1, -0.05) is 19.1 Å². The van der Waals surface area contributed by atoms with Crippen molar-refractivity contribution >= 4 is 18.5 Å². The van der Waals surface area contributed by atoms with Gasteiger partial charge in [0.2, 0.25) is 0 Å². The minimum Gasteiger partial charge on any atom is -0.349 e. The van der Waals surface area contributed by atoms with Gasteiger partial charge in [-0.25, -0.2) is 0 Å². The summed E-state index contributed by atoms with van der Waals surface area (Å²) in [6.45, 7) is 2.28. The smallest absolute Gasteiger partial charge is 0.252 e. The molecule has 1 saturated carbocycles. The molecule has 0 saturated heterocycles. The molecule has 0 atom stereocenters. The van der Waals surface area contributed by atoms with Gasteiger partial charge in [-0.3, -0.25) is 4.79 Å². The van der Waals surface area contributed by atoms with Crippen molar-refractivity contribution in [2.24, 2.45) is 5.92 Å². The van der Waals surface area contributed by atoms with Crippen LogP contribution in [0.4, 0.5) is 0 Å². The first-order chi connectivity index (χ1) is 8.16. The van der Waals surface area contributed by atoms with Gasteiger partial charge in [0.05, 0.1) is 5.56 Å². The molecule has 0 spiro atoms. The molecule has 0 aliphatic heterocycles. The van der Waals surface area contributed by atoms with E-state index >= 15 is 0 Å². The van der Waals surface area contributed by atoms with E-state index in [1.165, 1.54) is 12.8 Å². The predicted octanol–water partition coefficient (Wildman–Crippen LogP) is 3.28. The van der Waals surface area contributed by atoms with Crippen LogP contribution in [0.5, 0.6) is 0 Å². The summed E-state index contributed by atoms with van der Waals surface area (Å²) in [6.07, 6.45) is 4.63. The lowest BCUT2D eigenvalue weighted by Gasteiger charge is -2.27. The molecule has 1 aliphatic carbocycles. The van der Waals surface area contributed by atoms with E-state index in [1.807, 2.05) is 24.3 Å². The maximum absolute atomic E-state index is 12.1. The van der Waals surface area contributed by atoms with Gasteiger partial charge in [-0.05, 0) is 43.7 Å². The fraction of sp³-hybridized carbons (Fsp3) is 0.500. The van der Waals surface area contributed by atoms with Gasteiger partial charge in [0.25, 0.3) is 5.91 Å². The lowest BCUT2D eigenvalue weighted by Crippen LogP contribution is -2.37. The molecule has 1 aromatic carbocycles. The molecule has 3 heteroatoms. The minimum atomic E-state index is 0.00940. The van der Waals surface area contributed by atoms with Gasteiger partial charge in [0.1, 0.15) is 0 Å². The molecule has 1 aromatic rings. The molecule has 2 nitrogen and oxygen atoms in total. The van der Waals surface area contributed by atoms with E-state index < -0.39 is 0 Å². The number of amides is 1. The minimum absolute atomic E-state index is 0.00940. The Morgan fingerprint density at radius 2 is 1.88 bits per heavy atom. The normalized spacial score (nSPS) is 24.4. The lowest BCUT2D eigenvalue weighted by molar-refractivity contribution is 0.0920. The summed E-state index contributed by atoms with van der Waals surface area (Å²) in [6, 6.07) is 7.77. The highest BCUT2D eigenvalue weighted by atomic mass is 32.1. The molecule has 0 aromatic heterocycles. The van der Waals surface area contributed by atoms with Crippen molar-refractivity contribution in [2.75, 3.05) is 0 Å². The second-order valence-corrected chi connectivity index (χ2v) is 5.43. The van der Waals surface area contributed by atoms with Crippen molar-refractivity contribution in [2.45, 2.75) is 43.5 Å². The number of hydrogen-bond donors (Lipinski definition) is 2. The Hall–Kier alpha value is -0.960. The molecule has 0 bridgehead atoms. The maximum atomic E-state index is 12.1. The average molecular weight is 249 g/mol. The number of hydrogen-bond acceptors (Lipinski definition) is 2. The largest absolute Gasteiger partial charge is 0.349 e. The molecule has 0 heterocycles. The van der Waals surface area contributed by atoms with Crippen LogP contribution in [0.2, 0.25) is 0 Å². The second kappa shape index (κ2) is 5.58. The van der Waals surface area contributed by atoms with Crippen molar-refractivity contribution in [3.05, 3.63) is 29.8 Å². The fourth-order valence-corrected chi connectivity index (χ4v) is 2.60. The summed E-state index contributed by atoms with van der Waals surface area (Å²) < 4.78 is 0. The Labute approximate surface area is 108 Å². The first kappa shape index (κ1) is 12.5. The highest BCUT2D eigenvalue weighted by molar-refractivity contribution is 7.80. The molecule has 0 radical (unpaired) electrons. The molecule has 1 fully saturated rings. The molecular weight excluding hydrogens is 230 g/mol. The number of carbonyl (C=O) groups is 1. The zero-order valence-electron chi connectivity index (χ0n) is 10.1.